The van der Waals surface area contributed by atoms with Gasteiger partial charge in [0.05, 0.1) is 0 Å². The summed E-state index contributed by atoms with van der Waals surface area (Å²) in [5.41, 5.74) is 5.60. The zero-order valence-electron chi connectivity index (χ0n) is 17.6. The predicted octanol–water partition coefficient (Wildman–Crippen LogP) is 8.15. The second-order valence-corrected chi connectivity index (χ2v) is 9.39. The molecular weight excluding hydrogens is 312 g/mol. The molecule has 1 aromatic rings. The van der Waals surface area contributed by atoms with Crippen molar-refractivity contribution in [2.24, 2.45) is 5.92 Å². The van der Waals surface area contributed by atoms with E-state index in [1.807, 2.05) is 0 Å². The molecule has 2 aliphatic rings. The molecule has 0 aliphatic heterocycles. The Hall–Kier alpha value is -0.780. The van der Waals surface area contributed by atoms with Gasteiger partial charge in [-0.25, -0.2) is 0 Å². The summed E-state index contributed by atoms with van der Waals surface area (Å²) in [6.45, 7) is 4.66. The number of unbranched alkanes of at least 4 members (excludes halogenated alkanes) is 4. The summed E-state index contributed by atoms with van der Waals surface area (Å²) >= 11 is 0. The van der Waals surface area contributed by atoms with Gasteiger partial charge in [0, 0.05) is 0 Å². The lowest BCUT2D eigenvalue weighted by Gasteiger charge is -2.39. The van der Waals surface area contributed by atoms with Gasteiger partial charge in [0.25, 0.3) is 0 Å². The summed E-state index contributed by atoms with van der Waals surface area (Å²) in [4.78, 5) is 0. The summed E-state index contributed by atoms with van der Waals surface area (Å²) in [5, 5.41) is 0. The number of rotatable bonds is 9. The number of fused-ring (bicyclic) bond motifs is 1. The molecule has 0 amide bonds. The monoisotopic (exact) mass is 354 g/mol. The minimum absolute atomic E-state index is 0.514. The quantitative estimate of drug-likeness (QED) is 0.392. The zero-order valence-corrected chi connectivity index (χ0v) is 17.6. The molecule has 0 N–H and O–H groups in total. The number of aryl methyl sites for hydroxylation is 1. The fourth-order valence-electron chi connectivity index (χ4n) is 5.71. The largest absolute Gasteiger partial charge is 0.0654 e. The van der Waals surface area contributed by atoms with Crippen molar-refractivity contribution in [3.63, 3.8) is 0 Å². The van der Waals surface area contributed by atoms with Gasteiger partial charge in [-0.3, -0.25) is 0 Å². The maximum absolute atomic E-state index is 2.66. The molecule has 0 heterocycles. The average molecular weight is 355 g/mol. The molecule has 1 saturated carbocycles. The van der Waals surface area contributed by atoms with Gasteiger partial charge in [0.1, 0.15) is 0 Å². The van der Waals surface area contributed by atoms with Crippen molar-refractivity contribution in [1.29, 1.82) is 0 Å². The molecular formula is C26H42. The van der Waals surface area contributed by atoms with E-state index in [4.69, 9.17) is 0 Å². The Bertz CT molecular complexity index is 535. The van der Waals surface area contributed by atoms with Gasteiger partial charge in [-0.15, -0.1) is 0 Å². The minimum Gasteiger partial charge on any atom is -0.0654 e. The molecule has 1 atom stereocenters. The van der Waals surface area contributed by atoms with E-state index in [2.05, 4.69) is 32.0 Å². The van der Waals surface area contributed by atoms with Crippen molar-refractivity contribution >= 4 is 0 Å². The Labute approximate surface area is 163 Å². The summed E-state index contributed by atoms with van der Waals surface area (Å²) in [5.74, 6) is 0.952. The van der Waals surface area contributed by atoms with Crippen LogP contribution in [0.2, 0.25) is 0 Å². The highest BCUT2D eigenvalue weighted by atomic mass is 14.4. The maximum atomic E-state index is 2.66. The van der Waals surface area contributed by atoms with Crippen molar-refractivity contribution in [3.05, 3.63) is 34.9 Å². The first-order valence-electron chi connectivity index (χ1n) is 11.9. The van der Waals surface area contributed by atoms with E-state index in [-0.39, 0.29) is 0 Å². The van der Waals surface area contributed by atoms with Crippen molar-refractivity contribution in [2.75, 3.05) is 0 Å². The summed E-state index contributed by atoms with van der Waals surface area (Å²) in [6, 6.07) is 7.74. The highest BCUT2D eigenvalue weighted by Crippen LogP contribution is 2.44. The number of hydrogen-bond acceptors (Lipinski definition) is 0. The van der Waals surface area contributed by atoms with Crippen LogP contribution in [0.1, 0.15) is 120 Å². The molecule has 0 bridgehead atoms. The van der Waals surface area contributed by atoms with Crippen LogP contribution in [0.3, 0.4) is 0 Å². The van der Waals surface area contributed by atoms with Crippen LogP contribution in [-0.4, -0.2) is 0 Å². The molecule has 1 aromatic carbocycles. The van der Waals surface area contributed by atoms with Crippen LogP contribution in [0.5, 0.6) is 0 Å². The second kappa shape index (κ2) is 9.95. The van der Waals surface area contributed by atoms with E-state index in [0.29, 0.717) is 5.41 Å². The van der Waals surface area contributed by atoms with Crippen LogP contribution in [-0.2, 0) is 18.3 Å². The van der Waals surface area contributed by atoms with Crippen molar-refractivity contribution in [3.8, 4) is 0 Å². The predicted molar refractivity (Wildman–Crippen MR) is 115 cm³/mol. The molecule has 1 fully saturated rings. The number of benzene rings is 1. The van der Waals surface area contributed by atoms with Gasteiger partial charge in [-0.1, -0.05) is 96.3 Å². The average Bonchev–Trinajstić information content (AvgIpc) is 2.69. The molecule has 0 nitrogen and oxygen atoms in total. The van der Waals surface area contributed by atoms with E-state index >= 15 is 0 Å². The van der Waals surface area contributed by atoms with E-state index in [0.717, 1.165) is 5.92 Å². The summed E-state index contributed by atoms with van der Waals surface area (Å²) in [7, 11) is 0. The fourth-order valence-corrected chi connectivity index (χ4v) is 5.71. The van der Waals surface area contributed by atoms with Crippen molar-refractivity contribution < 1.29 is 0 Å². The van der Waals surface area contributed by atoms with Gasteiger partial charge in [0.15, 0.2) is 0 Å². The smallest absolute Gasteiger partial charge is 0.00469 e. The number of hydrogen-bond donors (Lipinski definition) is 0. The minimum atomic E-state index is 0.514. The third kappa shape index (κ3) is 4.93. The molecule has 0 spiro atoms. The van der Waals surface area contributed by atoms with Gasteiger partial charge in [0.2, 0.25) is 0 Å². The fraction of sp³-hybridized carbons (Fsp3) is 0.769. The Kier molecular flexibility index (Phi) is 7.64. The summed E-state index contributed by atoms with van der Waals surface area (Å²) < 4.78 is 0. The normalized spacial score (nSPS) is 22.2. The van der Waals surface area contributed by atoms with E-state index in [9.17, 15) is 0 Å². The van der Waals surface area contributed by atoms with Crippen LogP contribution in [0.15, 0.2) is 18.2 Å². The molecule has 146 valence electrons. The molecule has 26 heavy (non-hydrogen) atoms. The molecule has 1 unspecified atom stereocenters. The molecule has 0 heteroatoms. The van der Waals surface area contributed by atoms with Gasteiger partial charge >= 0.3 is 0 Å². The first kappa shape index (κ1) is 20.0. The van der Waals surface area contributed by atoms with Crippen LogP contribution in [0.4, 0.5) is 0 Å². The third-order valence-corrected chi connectivity index (χ3v) is 7.43. The lowest BCUT2D eigenvalue weighted by molar-refractivity contribution is 0.265. The van der Waals surface area contributed by atoms with Crippen LogP contribution < -0.4 is 0 Å². The maximum Gasteiger partial charge on any atom is -0.00469 e. The standard InChI is InChI=1S/C26H42/c1-3-5-8-12-22-13-14-24-21-25(16-15-23(24)20-22)26(17-9-6-4-2)18-10-7-11-19-26/h15-16,21-22H,3-14,17-20H2,1-2H3. The molecule has 0 radical (unpaired) electrons. The van der Waals surface area contributed by atoms with Crippen LogP contribution >= 0.6 is 0 Å². The third-order valence-electron chi connectivity index (χ3n) is 7.43. The van der Waals surface area contributed by atoms with Gasteiger partial charge < -0.3 is 0 Å². The molecule has 2 aliphatic carbocycles. The highest BCUT2D eigenvalue weighted by Gasteiger charge is 2.34. The van der Waals surface area contributed by atoms with Crippen molar-refractivity contribution in [1.82, 2.24) is 0 Å². The molecule has 3 rings (SSSR count). The summed E-state index contributed by atoms with van der Waals surface area (Å²) in [6.07, 6.45) is 22.6. The van der Waals surface area contributed by atoms with Gasteiger partial charge in [-0.2, -0.15) is 0 Å². The van der Waals surface area contributed by atoms with E-state index < -0.39 is 0 Å². The van der Waals surface area contributed by atoms with Gasteiger partial charge in [-0.05, 0) is 66.5 Å². The van der Waals surface area contributed by atoms with Crippen LogP contribution in [0.25, 0.3) is 0 Å². The first-order valence-corrected chi connectivity index (χ1v) is 11.9. The van der Waals surface area contributed by atoms with E-state index in [1.165, 1.54) is 103 Å². The Morgan fingerprint density at radius 2 is 1.65 bits per heavy atom. The highest BCUT2D eigenvalue weighted by molar-refractivity contribution is 5.38. The SMILES string of the molecule is CCCCCC1CCc2cc(C3(CCCCC)CCCCC3)ccc2C1. The molecule has 0 saturated heterocycles. The Morgan fingerprint density at radius 3 is 2.42 bits per heavy atom. The lowest BCUT2D eigenvalue weighted by atomic mass is 9.65. The molecule has 0 aromatic heterocycles. The first-order chi connectivity index (χ1) is 12.8. The topological polar surface area (TPSA) is 0 Å². The zero-order chi connectivity index (χ0) is 18.2. The lowest BCUT2D eigenvalue weighted by Crippen LogP contribution is -2.29. The second-order valence-electron chi connectivity index (χ2n) is 9.39. The van der Waals surface area contributed by atoms with Crippen LogP contribution in [0, 0.1) is 5.92 Å². The van der Waals surface area contributed by atoms with Crippen molar-refractivity contribution in [2.45, 2.75) is 122 Å². The Balaban J connectivity index is 1.70. The van der Waals surface area contributed by atoms with E-state index in [1.54, 1.807) is 16.7 Å². The Morgan fingerprint density at radius 1 is 0.885 bits per heavy atom.